The highest BCUT2D eigenvalue weighted by Crippen LogP contribution is 2.34. The Morgan fingerprint density at radius 1 is 1.40 bits per heavy atom. The summed E-state index contributed by atoms with van der Waals surface area (Å²) in [4.78, 5) is 13.0. The first kappa shape index (κ1) is 14.8. The molecular formula is C15H22N2O3. The SMILES string of the molecule is CC1CCN(c2ccc([C@H](C)O)cc2[N+](=O)[O-])CC1C. The summed E-state index contributed by atoms with van der Waals surface area (Å²) in [5.74, 6) is 1.18. The van der Waals surface area contributed by atoms with Crippen LogP contribution in [0.2, 0.25) is 0 Å². The third kappa shape index (κ3) is 2.93. The van der Waals surface area contributed by atoms with Crippen LogP contribution in [0.15, 0.2) is 18.2 Å². The van der Waals surface area contributed by atoms with Crippen LogP contribution in [-0.4, -0.2) is 23.1 Å². The molecule has 1 fully saturated rings. The van der Waals surface area contributed by atoms with Crippen molar-refractivity contribution in [3.05, 3.63) is 33.9 Å². The Morgan fingerprint density at radius 2 is 2.10 bits per heavy atom. The molecule has 1 saturated heterocycles. The molecule has 20 heavy (non-hydrogen) atoms. The number of rotatable bonds is 3. The zero-order valence-electron chi connectivity index (χ0n) is 12.2. The summed E-state index contributed by atoms with van der Waals surface area (Å²) >= 11 is 0. The van der Waals surface area contributed by atoms with Crippen LogP contribution in [0.25, 0.3) is 0 Å². The summed E-state index contributed by atoms with van der Waals surface area (Å²) in [5, 5.41) is 20.9. The minimum Gasteiger partial charge on any atom is -0.389 e. The van der Waals surface area contributed by atoms with E-state index in [9.17, 15) is 15.2 Å². The molecule has 1 aliphatic rings. The van der Waals surface area contributed by atoms with Crippen molar-refractivity contribution in [2.75, 3.05) is 18.0 Å². The van der Waals surface area contributed by atoms with Gasteiger partial charge in [0.25, 0.3) is 5.69 Å². The number of hydrogen-bond acceptors (Lipinski definition) is 4. The smallest absolute Gasteiger partial charge is 0.292 e. The van der Waals surface area contributed by atoms with Gasteiger partial charge in [0, 0.05) is 19.2 Å². The molecule has 2 unspecified atom stereocenters. The van der Waals surface area contributed by atoms with Gasteiger partial charge in [0.05, 0.1) is 11.0 Å². The number of benzene rings is 1. The number of anilines is 1. The number of nitro groups is 1. The molecule has 5 heteroatoms. The summed E-state index contributed by atoms with van der Waals surface area (Å²) in [6.07, 6.45) is 0.360. The van der Waals surface area contributed by atoms with Crippen molar-refractivity contribution in [1.29, 1.82) is 0 Å². The van der Waals surface area contributed by atoms with Crippen LogP contribution in [0.3, 0.4) is 0 Å². The highest BCUT2D eigenvalue weighted by atomic mass is 16.6. The second kappa shape index (κ2) is 5.79. The minimum atomic E-state index is -0.692. The molecule has 110 valence electrons. The van der Waals surface area contributed by atoms with E-state index in [1.807, 2.05) is 0 Å². The molecular weight excluding hydrogens is 256 g/mol. The molecule has 0 bridgehead atoms. The van der Waals surface area contributed by atoms with E-state index in [1.165, 1.54) is 6.07 Å². The topological polar surface area (TPSA) is 66.6 Å². The third-order valence-electron chi connectivity index (χ3n) is 4.35. The number of aliphatic hydroxyl groups excluding tert-OH is 1. The van der Waals surface area contributed by atoms with Crippen molar-refractivity contribution >= 4 is 11.4 Å². The monoisotopic (exact) mass is 278 g/mol. The van der Waals surface area contributed by atoms with E-state index in [0.29, 0.717) is 23.1 Å². The molecule has 2 rings (SSSR count). The van der Waals surface area contributed by atoms with Crippen LogP contribution < -0.4 is 4.90 Å². The van der Waals surface area contributed by atoms with Crippen molar-refractivity contribution in [2.24, 2.45) is 11.8 Å². The summed E-state index contributed by atoms with van der Waals surface area (Å²) in [6, 6.07) is 5.03. The quantitative estimate of drug-likeness (QED) is 0.681. The molecule has 3 atom stereocenters. The predicted molar refractivity (Wildman–Crippen MR) is 78.9 cm³/mol. The van der Waals surface area contributed by atoms with Gasteiger partial charge in [0.2, 0.25) is 0 Å². The molecule has 1 heterocycles. The standard InChI is InChI=1S/C15H22N2O3/c1-10-6-7-16(9-11(10)2)14-5-4-13(12(3)18)8-15(14)17(19)20/h4-5,8,10-12,18H,6-7,9H2,1-3H3/t10?,11?,12-/m0/s1. The van der Waals surface area contributed by atoms with Crippen molar-refractivity contribution in [3.8, 4) is 0 Å². The van der Waals surface area contributed by atoms with E-state index in [4.69, 9.17) is 0 Å². The van der Waals surface area contributed by atoms with Crippen LogP contribution in [0.1, 0.15) is 38.9 Å². The molecule has 1 aromatic rings. The van der Waals surface area contributed by atoms with E-state index in [1.54, 1.807) is 19.1 Å². The minimum absolute atomic E-state index is 0.0881. The van der Waals surface area contributed by atoms with Gasteiger partial charge in [-0.3, -0.25) is 10.1 Å². The fourth-order valence-electron chi connectivity index (χ4n) is 2.70. The van der Waals surface area contributed by atoms with Gasteiger partial charge in [-0.25, -0.2) is 0 Å². The first-order chi connectivity index (χ1) is 9.40. The van der Waals surface area contributed by atoms with Gasteiger partial charge in [0.15, 0.2) is 0 Å². The van der Waals surface area contributed by atoms with Crippen LogP contribution in [0, 0.1) is 22.0 Å². The van der Waals surface area contributed by atoms with Crippen LogP contribution in [-0.2, 0) is 0 Å². The highest BCUT2D eigenvalue weighted by Gasteiger charge is 2.27. The van der Waals surface area contributed by atoms with Gasteiger partial charge >= 0.3 is 0 Å². The third-order valence-corrected chi connectivity index (χ3v) is 4.35. The lowest BCUT2D eigenvalue weighted by Crippen LogP contribution is -2.38. The second-order valence-electron chi connectivity index (χ2n) is 5.87. The lowest BCUT2D eigenvalue weighted by atomic mass is 9.88. The largest absolute Gasteiger partial charge is 0.389 e. The molecule has 0 amide bonds. The van der Waals surface area contributed by atoms with E-state index >= 15 is 0 Å². The van der Waals surface area contributed by atoms with Gasteiger partial charge in [-0.05, 0) is 36.8 Å². The molecule has 0 saturated carbocycles. The Kier molecular flexibility index (Phi) is 4.28. The van der Waals surface area contributed by atoms with E-state index < -0.39 is 6.10 Å². The molecule has 1 N–H and O–H groups in total. The molecule has 0 radical (unpaired) electrons. The number of piperidine rings is 1. The molecule has 0 spiro atoms. The fraction of sp³-hybridized carbons (Fsp3) is 0.600. The van der Waals surface area contributed by atoms with Gasteiger partial charge < -0.3 is 10.0 Å². The Balaban J connectivity index is 2.33. The lowest BCUT2D eigenvalue weighted by molar-refractivity contribution is -0.384. The van der Waals surface area contributed by atoms with Crippen LogP contribution >= 0.6 is 0 Å². The van der Waals surface area contributed by atoms with E-state index in [0.717, 1.165) is 19.5 Å². The first-order valence-electron chi connectivity index (χ1n) is 7.11. The molecule has 1 aliphatic heterocycles. The number of nitro benzene ring substituents is 1. The Morgan fingerprint density at radius 3 is 2.65 bits per heavy atom. The highest BCUT2D eigenvalue weighted by molar-refractivity contribution is 5.64. The summed E-state index contributed by atoms with van der Waals surface area (Å²) in [7, 11) is 0. The van der Waals surface area contributed by atoms with Gasteiger partial charge in [-0.15, -0.1) is 0 Å². The summed E-state index contributed by atoms with van der Waals surface area (Å²) < 4.78 is 0. The molecule has 0 aromatic heterocycles. The second-order valence-corrected chi connectivity index (χ2v) is 5.87. The van der Waals surface area contributed by atoms with Gasteiger partial charge in [-0.1, -0.05) is 19.9 Å². The maximum atomic E-state index is 11.3. The number of aliphatic hydroxyl groups is 1. The first-order valence-corrected chi connectivity index (χ1v) is 7.11. The fourth-order valence-corrected chi connectivity index (χ4v) is 2.70. The Hall–Kier alpha value is -1.62. The number of hydrogen-bond donors (Lipinski definition) is 1. The Labute approximate surface area is 119 Å². The van der Waals surface area contributed by atoms with Crippen molar-refractivity contribution < 1.29 is 10.0 Å². The normalized spacial score (nSPS) is 24.5. The predicted octanol–water partition coefficient (Wildman–Crippen LogP) is 3.13. The lowest BCUT2D eigenvalue weighted by Gasteiger charge is -2.36. The Bertz CT molecular complexity index is 502. The van der Waals surface area contributed by atoms with Crippen molar-refractivity contribution in [1.82, 2.24) is 0 Å². The molecule has 5 nitrogen and oxygen atoms in total. The van der Waals surface area contributed by atoms with Crippen LogP contribution in [0.5, 0.6) is 0 Å². The molecule has 0 aliphatic carbocycles. The maximum absolute atomic E-state index is 11.3. The average Bonchev–Trinajstić information content (AvgIpc) is 2.41. The van der Waals surface area contributed by atoms with Gasteiger partial charge in [-0.2, -0.15) is 0 Å². The van der Waals surface area contributed by atoms with Crippen LogP contribution in [0.4, 0.5) is 11.4 Å². The summed E-state index contributed by atoms with van der Waals surface area (Å²) in [6.45, 7) is 7.72. The van der Waals surface area contributed by atoms with Gasteiger partial charge in [0.1, 0.15) is 5.69 Å². The average molecular weight is 278 g/mol. The van der Waals surface area contributed by atoms with E-state index in [2.05, 4.69) is 18.7 Å². The zero-order chi connectivity index (χ0) is 14.9. The summed E-state index contributed by atoms with van der Waals surface area (Å²) in [5.41, 5.74) is 1.34. The van der Waals surface area contributed by atoms with Crippen molar-refractivity contribution in [2.45, 2.75) is 33.3 Å². The van der Waals surface area contributed by atoms with E-state index in [-0.39, 0.29) is 10.6 Å². The molecule has 1 aromatic carbocycles. The number of nitrogens with zero attached hydrogens (tertiary/aromatic N) is 2. The maximum Gasteiger partial charge on any atom is 0.292 e. The van der Waals surface area contributed by atoms with Crippen molar-refractivity contribution in [3.63, 3.8) is 0 Å². The zero-order valence-corrected chi connectivity index (χ0v) is 12.2.